The van der Waals surface area contributed by atoms with Gasteiger partial charge in [0.05, 0.1) is 6.54 Å². The van der Waals surface area contributed by atoms with E-state index >= 15 is 0 Å². The molecule has 1 aromatic carbocycles. The molecule has 0 unspecified atom stereocenters. The highest BCUT2D eigenvalue weighted by Crippen LogP contribution is 2.18. The van der Waals surface area contributed by atoms with Crippen LogP contribution in [0.1, 0.15) is 43.7 Å². The van der Waals surface area contributed by atoms with E-state index in [9.17, 15) is 9.59 Å². The molecule has 0 aromatic heterocycles. The van der Waals surface area contributed by atoms with E-state index in [0.717, 1.165) is 18.4 Å². The minimum atomic E-state index is -0.256. The molecule has 0 saturated heterocycles. The van der Waals surface area contributed by atoms with Gasteiger partial charge in [-0.25, -0.2) is 0 Å². The van der Waals surface area contributed by atoms with Crippen molar-refractivity contribution >= 4 is 17.9 Å². The number of rotatable bonds is 6. The SMILES string of the molecule is CC(C)c1ccc(/C=C/C(=O)NCC(=O)NC2CC2)cc1. The molecular formula is C17H22N2O2. The fourth-order valence-electron chi connectivity index (χ4n) is 1.90. The molecule has 0 atom stereocenters. The van der Waals surface area contributed by atoms with E-state index in [-0.39, 0.29) is 18.4 Å². The van der Waals surface area contributed by atoms with E-state index < -0.39 is 0 Å². The van der Waals surface area contributed by atoms with Gasteiger partial charge >= 0.3 is 0 Å². The zero-order valence-corrected chi connectivity index (χ0v) is 12.6. The molecule has 2 N–H and O–H groups in total. The lowest BCUT2D eigenvalue weighted by atomic mass is 10.0. The van der Waals surface area contributed by atoms with Crippen molar-refractivity contribution in [2.24, 2.45) is 0 Å². The molecule has 1 aromatic rings. The van der Waals surface area contributed by atoms with E-state index in [0.29, 0.717) is 12.0 Å². The Balaban J connectivity index is 1.76. The molecule has 21 heavy (non-hydrogen) atoms. The summed E-state index contributed by atoms with van der Waals surface area (Å²) >= 11 is 0. The highest BCUT2D eigenvalue weighted by atomic mass is 16.2. The van der Waals surface area contributed by atoms with Crippen LogP contribution in [-0.4, -0.2) is 24.4 Å². The summed E-state index contributed by atoms with van der Waals surface area (Å²) in [6.07, 6.45) is 5.30. The zero-order valence-electron chi connectivity index (χ0n) is 12.6. The Morgan fingerprint density at radius 1 is 1.24 bits per heavy atom. The van der Waals surface area contributed by atoms with Crippen molar-refractivity contribution in [2.75, 3.05) is 6.54 Å². The van der Waals surface area contributed by atoms with Crippen LogP contribution >= 0.6 is 0 Å². The highest BCUT2D eigenvalue weighted by molar-refractivity contribution is 5.94. The molecule has 4 nitrogen and oxygen atoms in total. The maximum Gasteiger partial charge on any atom is 0.244 e. The fourth-order valence-corrected chi connectivity index (χ4v) is 1.90. The first-order valence-electron chi connectivity index (χ1n) is 7.40. The molecule has 1 saturated carbocycles. The highest BCUT2D eigenvalue weighted by Gasteiger charge is 2.22. The third kappa shape index (κ3) is 5.42. The van der Waals surface area contributed by atoms with Crippen molar-refractivity contribution < 1.29 is 9.59 Å². The Morgan fingerprint density at radius 2 is 1.90 bits per heavy atom. The average Bonchev–Trinajstić information content (AvgIpc) is 3.27. The van der Waals surface area contributed by atoms with Gasteiger partial charge in [0.15, 0.2) is 0 Å². The Labute approximate surface area is 125 Å². The fraction of sp³-hybridized carbons (Fsp3) is 0.412. The van der Waals surface area contributed by atoms with E-state index in [1.165, 1.54) is 11.6 Å². The average molecular weight is 286 g/mol. The summed E-state index contributed by atoms with van der Waals surface area (Å²) < 4.78 is 0. The second-order valence-corrected chi connectivity index (χ2v) is 5.71. The monoisotopic (exact) mass is 286 g/mol. The molecule has 112 valence electrons. The quantitative estimate of drug-likeness (QED) is 0.788. The molecule has 2 amide bonds. The molecule has 1 fully saturated rings. The van der Waals surface area contributed by atoms with Gasteiger partial charge in [-0.15, -0.1) is 0 Å². The smallest absolute Gasteiger partial charge is 0.244 e. The van der Waals surface area contributed by atoms with Crippen LogP contribution in [0.5, 0.6) is 0 Å². The normalized spacial score (nSPS) is 14.4. The minimum absolute atomic E-state index is 0.0337. The van der Waals surface area contributed by atoms with Crippen LogP contribution in [0.4, 0.5) is 0 Å². The standard InChI is InChI=1S/C17H22N2O2/c1-12(2)14-6-3-13(4-7-14)5-10-16(20)18-11-17(21)19-15-8-9-15/h3-7,10,12,15H,8-9,11H2,1-2H3,(H,18,20)(H,19,21)/b10-5+. The van der Waals surface area contributed by atoms with Crippen molar-refractivity contribution in [2.45, 2.75) is 38.6 Å². The Kier molecular flexibility index (Phi) is 5.14. The summed E-state index contributed by atoms with van der Waals surface area (Å²) in [4.78, 5) is 23.0. The van der Waals surface area contributed by atoms with Gasteiger partial charge in [0.1, 0.15) is 0 Å². The molecule has 4 heteroatoms. The molecule has 0 spiro atoms. The first-order valence-corrected chi connectivity index (χ1v) is 7.40. The van der Waals surface area contributed by atoms with Crippen LogP contribution < -0.4 is 10.6 Å². The van der Waals surface area contributed by atoms with Crippen molar-refractivity contribution in [3.63, 3.8) is 0 Å². The zero-order chi connectivity index (χ0) is 15.2. The van der Waals surface area contributed by atoms with Gasteiger partial charge in [-0.3, -0.25) is 9.59 Å². The third-order valence-corrected chi connectivity index (χ3v) is 3.40. The van der Waals surface area contributed by atoms with Crippen LogP contribution in [0.25, 0.3) is 6.08 Å². The van der Waals surface area contributed by atoms with E-state index in [2.05, 4.69) is 36.6 Å². The maximum absolute atomic E-state index is 11.6. The van der Waals surface area contributed by atoms with Crippen LogP contribution in [0, 0.1) is 0 Å². The summed E-state index contributed by atoms with van der Waals surface area (Å²) in [5, 5.41) is 5.40. The molecule has 0 heterocycles. The predicted octanol–water partition coefficient (Wildman–Crippen LogP) is 2.22. The Hall–Kier alpha value is -2.10. The number of carbonyl (C=O) groups is 2. The topological polar surface area (TPSA) is 58.2 Å². The van der Waals surface area contributed by atoms with Gasteiger partial charge in [0.25, 0.3) is 0 Å². The lowest BCUT2D eigenvalue weighted by Crippen LogP contribution is -2.37. The van der Waals surface area contributed by atoms with Crippen LogP contribution in [0.15, 0.2) is 30.3 Å². The number of nitrogens with one attached hydrogen (secondary N) is 2. The lowest BCUT2D eigenvalue weighted by molar-refractivity contribution is -0.124. The summed E-state index contributed by atoms with van der Waals surface area (Å²) in [5.74, 6) is 0.116. The molecular weight excluding hydrogens is 264 g/mol. The van der Waals surface area contributed by atoms with Gasteiger partial charge in [-0.05, 0) is 36.0 Å². The van der Waals surface area contributed by atoms with Crippen LogP contribution in [0.2, 0.25) is 0 Å². The Bertz CT molecular complexity index is 528. The number of hydrogen-bond donors (Lipinski definition) is 2. The number of hydrogen-bond acceptors (Lipinski definition) is 2. The van der Waals surface area contributed by atoms with E-state index in [4.69, 9.17) is 0 Å². The molecule has 0 bridgehead atoms. The van der Waals surface area contributed by atoms with Crippen molar-refractivity contribution in [3.05, 3.63) is 41.5 Å². The first-order chi connectivity index (χ1) is 10.0. The van der Waals surface area contributed by atoms with Gasteiger partial charge in [-0.2, -0.15) is 0 Å². The van der Waals surface area contributed by atoms with Gasteiger partial charge in [0, 0.05) is 12.1 Å². The predicted molar refractivity (Wildman–Crippen MR) is 83.7 cm³/mol. The van der Waals surface area contributed by atoms with Crippen molar-refractivity contribution in [1.29, 1.82) is 0 Å². The third-order valence-electron chi connectivity index (χ3n) is 3.40. The summed E-state index contributed by atoms with van der Waals surface area (Å²) in [6.45, 7) is 4.32. The molecule has 1 aliphatic carbocycles. The van der Waals surface area contributed by atoms with Crippen LogP contribution in [0.3, 0.4) is 0 Å². The number of amides is 2. The minimum Gasteiger partial charge on any atom is -0.352 e. The Morgan fingerprint density at radius 3 is 2.48 bits per heavy atom. The summed E-state index contributed by atoms with van der Waals surface area (Å²) in [7, 11) is 0. The van der Waals surface area contributed by atoms with Crippen molar-refractivity contribution in [1.82, 2.24) is 10.6 Å². The molecule has 0 aliphatic heterocycles. The molecule has 2 rings (SSSR count). The molecule has 1 aliphatic rings. The van der Waals surface area contributed by atoms with Gasteiger partial charge < -0.3 is 10.6 Å². The molecule has 0 radical (unpaired) electrons. The first kappa shape index (κ1) is 15.3. The van der Waals surface area contributed by atoms with Gasteiger partial charge in [0.2, 0.25) is 11.8 Å². The van der Waals surface area contributed by atoms with E-state index in [1.54, 1.807) is 6.08 Å². The van der Waals surface area contributed by atoms with Crippen LogP contribution in [-0.2, 0) is 9.59 Å². The van der Waals surface area contributed by atoms with Crippen molar-refractivity contribution in [3.8, 4) is 0 Å². The maximum atomic E-state index is 11.6. The lowest BCUT2D eigenvalue weighted by Gasteiger charge is -2.05. The summed E-state index contributed by atoms with van der Waals surface area (Å²) in [6, 6.07) is 8.42. The van der Waals surface area contributed by atoms with Gasteiger partial charge in [-0.1, -0.05) is 38.1 Å². The van der Waals surface area contributed by atoms with E-state index in [1.807, 2.05) is 12.1 Å². The summed E-state index contributed by atoms with van der Waals surface area (Å²) in [5.41, 5.74) is 2.24. The largest absolute Gasteiger partial charge is 0.352 e. The second-order valence-electron chi connectivity index (χ2n) is 5.71. The number of carbonyl (C=O) groups excluding carboxylic acids is 2. The number of benzene rings is 1. The second kappa shape index (κ2) is 7.07.